The van der Waals surface area contributed by atoms with Gasteiger partial charge in [-0.1, -0.05) is 66.1 Å². The Bertz CT molecular complexity index is 778. The van der Waals surface area contributed by atoms with Crippen molar-refractivity contribution >= 4 is 51.6 Å². The average molecular weight is 411 g/mol. The van der Waals surface area contributed by atoms with Crippen LogP contribution in [0.4, 0.5) is 5.13 Å². The lowest BCUT2D eigenvalue weighted by atomic mass is 9.95. The van der Waals surface area contributed by atoms with Gasteiger partial charge in [0.05, 0.1) is 16.3 Å². The van der Waals surface area contributed by atoms with Crippen LogP contribution in [-0.4, -0.2) is 33.8 Å². The van der Waals surface area contributed by atoms with Gasteiger partial charge in [-0.05, 0) is 25.0 Å². The van der Waals surface area contributed by atoms with Crippen LogP contribution in [0.3, 0.4) is 0 Å². The number of rotatable bonds is 6. The number of anilines is 1. The second-order valence-electron chi connectivity index (χ2n) is 6.00. The maximum Gasteiger partial charge on any atom is 0.259 e. The van der Waals surface area contributed by atoms with Crippen LogP contribution in [0.25, 0.3) is 0 Å². The van der Waals surface area contributed by atoms with E-state index in [0.717, 1.165) is 12.8 Å². The van der Waals surface area contributed by atoms with E-state index < -0.39 is 0 Å². The first-order chi connectivity index (χ1) is 12.6. The number of halogens is 1. The number of thioether (sulfide) groups is 1. The van der Waals surface area contributed by atoms with Crippen LogP contribution in [0.15, 0.2) is 28.6 Å². The molecule has 1 aliphatic carbocycles. The van der Waals surface area contributed by atoms with E-state index in [1.807, 2.05) is 0 Å². The molecule has 0 bridgehead atoms. The molecular weight excluding hydrogens is 392 g/mol. The Kier molecular flexibility index (Phi) is 6.87. The molecule has 1 fully saturated rings. The molecule has 1 saturated carbocycles. The molecule has 2 amide bonds. The molecule has 9 heteroatoms. The Morgan fingerprint density at radius 3 is 2.73 bits per heavy atom. The first-order valence-corrected chi connectivity index (χ1v) is 10.6. The predicted molar refractivity (Wildman–Crippen MR) is 105 cm³/mol. The molecule has 26 heavy (non-hydrogen) atoms. The number of nitrogens with zero attached hydrogens (tertiary/aromatic N) is 2. The number of carbonyl (C=O) groups is 2. The summed E-state index contributed by atoms with van der Waals surface area (Å²) in [5, 5.41) is 14.5. The van der Waals surface area contributed by atoms with Gasteiger partial charge in [0.1, 0.15) is 0 Å². The van der Waals surface area contributed by atoms with Gasteiger partial charge in [0.15, 0.2) is 4.34 Å². The Morgan fingerprint density at radius 2 is 1.96 bits per heavy atom. The number of amides is 2. The summed E-state index contributed by atoms with van der Waals surface area (Å²) in [5.74, 6) is -0.0269. The van der Waals surface area contributed by atoms with Crippen molar-refractivity contribution in [3.05, 3.63) is 34.9 Å². The van der Waals surface area contributed by atoms with Crippen molar-refractivity contribution < 1.29 is 9.59 Å². The molecule has 6 nitrogen and oxygen atoms in total. The number of nitrogens with one attached hydrogen (secondary N) is 2. The zero-order valence-electron chi connectivity index (χ0n) is 14.0. The Morgan fingerprint density at radius 1 is 1.19 bits per heavy atom. The van der Waals surface area contributed by atoms with Crippen molar-refractivity contribution in [1.29, 1.82) is 0 Å². The Balaban J connectivity index is 1.47. The highest BCUT2D eigenvalue weighted by Crippen LogP contribution is 2.26. The van der Waals surface area contributed by atoms with Gasteiger partial charge in [0.25, 0.3) is 5.91 Å². The number of hydrogen-bond acceptors (Lipinski definition) is 6. The fraction of sp³-hybridized carbons (Fsp3) is 0.412. The van der Waals surface area contributed by atoms with E-state index in [4.69, 9.17) is 11.6 Å². The van der Waals surface area contributed by atoms with Crippen LogP contribution < -0.4 is 10.6 Å². The first kappa shape index (κ1) is 19.1. The van der Waals surface area contributed by atoms with Crippen LogP contribution in [0.1, 0.15) is 42.5 Å². The lowest BCUT2D eigenvalue weighted by Crippen LogP contribution is -2.37. The van der Waals surface area contributed by atoms with Gasteiger partial charge in [-0.2, -0.15) is 0 Å². The fourth-order valence-corrected chi connectivity index (χ4v) is 4.55. The van der Waals surface area contributed by atoms with E-state index >= 15 is 0 Å². The van der Waals surface area contributed by atoms with Crippen LogP contribution in [0.5, 0.6) is 0 Å². The van der Waals surface area contributed by atoms with Gasteiger partial charge in [-0.25, -0.2) is 0 Å². The minimum atomic E-state index is -0.335. The van der Waals surface area contributed by atoms with E-state index in [9.17, 15) is 9.59 Å². The summed E-state index contributed by atoms with van der Waals surface area (Å²) in [6.45, 7) is 0. The lowest BCUT2D eigenvalue weighted by molar-refractivity contribution is -0.119. The zero-order chi connectivity index (χ0) is 18.4. The summed E-state index contributed by atoms with van der Waals surface area (Å²) in [5.41, 5.74) is 0.380. The van der Waals surface area contributed by atoms with Crippen LogP contribution in [0, 0.1) is 0 Å². The van der Waals surface area contributed by atoms with Crippen molar-refractivity contribution in [3.63, 3.8) is 0 Å². The van der Waals surface area contributed by atoms with Crippen molar-refractivity contribution in [1.82, 2.24) is 15.5 Å². The number of hydrogen-bond donors (Lipinski definition) is 2. The highest BCUT2D eigenvalue weighted by Gasteiger charge is 2.17. The van der Waals surface area contributed by atoms with Crippen molar-refractivity contribution in [3.8, 4) is 0 Å². The standard InChI is InChI=1S/C17H19ClN4O2S2/c18-13-9-5-4-8-12(13)15(24)20-16-21-22-17(26-16)25-10-14(23)19-11-6-2-1-3-7-11/h4-5,8-9,11H,1-3,6-7,10H2,(H,19,23)(H,20,21,24). The molecule has 0 aliphatic heterocycles. The third-order valence-electron chi connectivity index (χ3n) is 4.04. The molecule has 0 radical (unpaired) electrons. The minimum absolute atomic E-state index is 0.0127. The van der Waals surface area contributed by atoms with Gasteiger partial charge in [-0.15, -0.1) is 10.2 Å². The molecule has 0 unspecified atom stereocenters. The summed E-state index contributed by atoms with van der Waals surface area (Å²) < 4.78 is 0.637. The summed E-state index contributed by atoms with van der Waals surface area (Å²) in [4.78, 5) is 24.2. The average Bonchev–Trinajstić information content (AvgIpc) is 3.08. The smallest absolute Gasteiger partial charge is 0.259 e. The van der Waals surface area contributed by atoms with E-state index in [-0.39, 0.29) is 11.8 Å². The number of benzene rings is 1. The minimum Gasteiger partial charge on any atom is -0.353 e. The van der Waals surface area contributed by atoms with Crippen molar-refractivity contribution in [2.75, 3.05) is 11.1 Å². The summed E-state index contributed by atoms with van der Waals surface area (Å²) in [7, 11) is 0. The molecule has 2 aromatic rings. The molecular formula is C17H19ClN4O2S2. The molecule has 1 heterocycles. The SMILES string of the molecule is O=C(CSc1nnc(NC(=O)c2ccccc2Cl)s1)NC1CCCCC1. The van der Waals surface area contributed by atoms with Gasteiger partial charge < -0.3 is 5.32 Å². The monoisotopic (exact) mass is 410 g/mol. The second kappa shape index (κ2) is 9.34. The molecule has 2 N–H and O–H groups in total. The fourth-order valence-electron chi connectivity index (χ4n) is 2.77. The molecule has 3 rings (SSSR count). The van der Waals surface area contributed by atoms with Gasteiger partial charge >= 0.3 is 0 Å². The topological polar surface area (TPSA) is 84.0 Å². The molecule has 0 spiro atoms. The first-order valence-electron chi connectivity index (χ1n) is 8.43. The van der Waals surface area contributed by atoms with Gasteiger partial charge in [0.2, 0.25) is 11.0 Å². The van der Waals surface area contributed by atoms with Crippen LogP contribution in [-0.2, 0) is 4.79 Å². The van der Waals surface area contributed by atoms with Gasteiger partial charge in [-0.3, -0.25) is 14.9 Å². The van der Waals surface area contributed by atoms with E-state index in [0.29, 0.717) is 31.9 Å². The van der Waals surface area contributed by atoms with E-state index in [2.05, 4.69) is 20.8 Å². The molecule has 138 valence electrons. The third kappa shape index (κ3) is 5.43. The van der Waals surface area contributed by atoms with E-state index in [1.54, 1.807) is 24.3 Å². The quantitative estimate of drug-likeness (QED) is 0.555. The highest BCUT2D eigenvalue weighted by atomic mass is 35.5. The maximum absolute atomic E-state index is 12.2. The number of carbonyl (C=O) groups excluding carboxylic acids is 2. The number of aromatic nitrogens is 2. The molecule has 1 aromatic heterocycles. The maximum atomic E-state index is 12.2. The molecule has 1 aromatic carbocycles. The zero-order valence-corrected chi connectivity index (χ0v) is 16.4. The largest absolute Gasteiger partial charge is 0.353 e. The lowest BCUT2D eigenvalue weighted by Gasteiger charge is -2.22. The van der Waals surface area contributed by atoms with Crippen LogP contribution >= 0.6 is 34.7 Å². The van der Waals surface area contributed by atoms with Crippen molar-refractivity contribution in [2.24, 2.45) is 0 Å². The summed E-state index contributed by atoms with van der Waals surface area (Å²) >= 11 is 8.57. The Labute approximate surface area is 165 Å². The van der Waals surface area contributed by atoms with Crippen LogP contribution in [0.2, 0.25) is 5.02 Å². The summed E-state index contributed by atoms with van der Waals surface area (Å²) in [6, 6.07) is 7.11. The van der Waals surface area contributed by atoms with Crippen molar-refractivity contribution in [2.45, 2.75) is 42.5 Å². The summed E-state index contributed by atoms with van der Waals surface area (Å²) in [6.07, 6.45) is 5.75. The Hall–Kier alpha value is -1.64. The molecule has 1 aliphatic rings. The molecule has 0 atom stereocenters. The normalized spacial score (nSPS) is 14.8. The highest BCUT2D eigenvalue weighted by molar-refractivity contribution is 8.01. The molecule has 0 saturated heterocycles. The third-order valence-corrected chi connectivity index (χ3v) is 6.34. The predicted octanol–water partition coefficient (Wildman–Crippen LogP) is 3.98. The van der Waals surface area contributed by atoms with E-state index in [1.165, 1.54) is 42.4 Å². The van der Waals surface area contributed by atoms with Gasteiger partial charge in [0, 0.05) is 6.04 Å². The second-order valence-corrected chi connectivity index (χ2v) is 8.61.